The van der Waals surface area contributed by atoms with Crippen LogP contribution in [0.25, 0.3) is 0 Å². The number of hydrogen-bond acceptors (Lipinski definition) is 3. The Hall–Kier alpha value is -0.120. The Morgan fingerprint density at radius 3 is 2.85 bits per heavy atom. The highest BCUT2D eigenvalue weighted by molar-refractivity contribution is 4.75. The summed E-state index contributed by atoms with van der Waals surface area (Å²) >= 11 is 0. The lowest BCUT2D eigenvalue weighted by molar-refractivity contribution is 0.00976. The second kappa shape index (κ2) is 5.58. The van der Waals surface area contributed by atoms with Gasteiger partial charge in [-0.15, -0.1) is 0 Å². The molecule has 0 radical (unpaired) electrons. The van der Waals surface area contributed by atoms with E-state index in [1.54, 1.807) is 0 Å². The molecule has 1 fully saturated rings. The molecule has 0 aromatic rings. The molecular formula is C10H21NO2. The first-order valence-electron chi connectivity index (χ1n) is 5.15. The molecule has 78 valence electrons. The second-order valence-corrected chi connectivity index (χ2v) is 4.02. The highest BCUT2D eigenvalue weighted by Gasteiger charge is 2.21. The van der Waals surface area contributed by atoms with Crippen LogP contribution in [0.2, 0.25) is 0 Å². The first kappa shape index (κ1) is 11.0. The average Bonchev–Trinajstić information content (AvgIpc) is 2.15. The smallest absolute Gasteiger partial charge is 0.0624 e. The maximum atomic E-state index is 5.99. The average molecular weight is 187 g/mol. The van der Waals surface area contributed by atoms with E-state index < -0.39 is 0 Å². The van der Waals surface area contributed by atoms with Crippen LogP contribution in [-0.2, 0) is 9.47 Å². The minimum Gasteiger partial charge on any atom is -0.381 e. The number of ether oxygens (including phenoxy) is 2. The fraction of sp³-hybridized carbons (Fsp3) is 1.00. The monoisotopic (exact) mass is 187 g/mol. The standard InChI is InChI=1S/C10H21NO2/c1-8(2)13-7-10(11)9-4-3-5-12-6-9/h8-10H,3-7,11H2,1-2H3. The Labute approximate surface area is 80.6 Å². The van der Waals surface area contributed by atoms with E-state index in [1.807, 2.05) is 13.8 Å². The molecule has 1 heterocycles. The third kappa shape index (κ3) is 4.07. The van der Waals surface area contributed by atoms with Gasteiger partial charge < -0.3 is 15.2 Å². The SMILES string of the molecule is CC(C)OCC(N)C1CCCOC1. The summed E-state index contributed by atoms with van der Waals surface area (Å²) in [5, 5.41) is 0. The third-order valence-electron chi connectivity index (χ3n) is 2.42. The molecule has 3 heteroatoms. The molecule has 1 aliphatic rings. The van der Waals surface area contributed by atoms with Gasteiger partial charge in [0.2, 0.25) is 0 Å². The molecule has 3 nitrogen and oxygen atoms in total. The number of rotatable bonds is 4. The van der Waals surface area contributed by atoms with E-state index in [0.29, 0.717) is 12.5 Å². The largest absolute Gasteiger partial charge is 0.381 e. The Bertz CT molecular complexity index is 133. The van der Waals surface area contributed by atoms with E-state index in [2.05, 4.69) is 0 Å². The second-order valence-electron chi connectivity index (χ2n) is 4.02. The van der Waals surface area contributed by atoms with Gasteiger partial charge in [-0.1, -0.05) is 0 Å². The van der Waals surface area contributed by atoms with Gasteiger partial charge >= 0.3 is 0 Å². The molecule has 0 aromatic heterocycles. The highest BCUT2D eigenvalue weighted by atomic mass is 16.5. The molecule has 2 N–H and O–H groups in total. The zero-order chi connectivity index (χ0) is 9.68. The summed E-state index contributed by atoms with van der Waals surface area (Å²) in [6, 6.07) is 0.141. The van der Waals surface area contributed by atoms with Gasteiger partial charge in [0.25, 0.3) is 0 Å². The van der Waals surface area contributed by atoms with E-state index in [0.717, 1.165) is 19.6 Å². The predicted molar refractivity (Wildman–Crippen MR) is 52.6 cm³/mol. The summed E-state index contributed by atoms with van der Waals surface area (Å²) < 4.78 is 10.9. The van der Waals surface area contributed by atoms with E-state index in [-0.39, 0.29) is 12.1 Å². The van der Waals surface area contributed by atoms with Gasteiger partial charge in [-0.05, 0) is 32.6 Å². The van der Waals surface area contributed by atoms with Crippen LogP contribution in [0, 0.1) is 5.92 Å². The van der Waals surface area contributed by atoms with Crippen molar-refractivity contribution in [2.75, 3.05) is 19.8 Å². The minimum atomic E-state index is 0.141. The number of hydrogen-bond donors (Lipinski definition) is 1. The normalized spacial score (nSPS) is 26.3. The van der Waals surface area contributed by atoms with E-state index >= 15 is 0 Å². The van der Waals surface area contributed by atoms with Gasteiger partial charge in [0.05, 0.1) is 19.3 Å². The molecule has 0 aliphatic carbocycles. The van der Waals surface area contributed by atoms with Gasteiger partial charge in [0, 0.05) is 12.6 Å². The quantitative estimate of drug-likeness (QED) is 0.718. The van der Waals surface area contributed by atoms with Crippen LogP contribution in [0.1, 0.15) is 26.7 Å². The van der Waals surface area contributed by atoms with E-state index in [9.17, 15) is 0 Å². The van der Waals surface area contributed by atoms with E-state index in [4.69, 9.17) is 15.2 Å². The summed E-state index contributed by atoms with van der Waals surface area (Å²) in [4.78, 5) is 0. The highest BCUT2D eigenvalue weighted by Crippen LogP contribution is 2.16. The summed E-state index contributed by atoms with van der Waals surface area (Å²) in [6.07, 6.45) is 2.60. The van der Waals surface area contributed by atoms with Gasteiger partial charge in [-0.3, -0.25) is 0 Å². The molecule has 1 saturated heterocycles. The maximum Gasteiger partial charge on any atom is 0.0624 e. The topological polar surface area (TPSA) is 44.5 Å². The number of nitrogens with two attached hydrogens (primary N) is 1. The lowest BCUT2D eigenvalue weighted by Crippen LogP contribution is -2.39. The first-order valence-corrected chi connectivity index (χ1v) is 5.15. The zero-order valence-corrected chi connectivity index (χ0v) is 8.66. The lowest BCUT2D eigenvalue weighted by atomic mass is 9.95. The van der Waals surface area contributed by atoms with Crippen molar-refractivity contribution in [3.8, 4) is 0 Å². The molecule has 1 aliphatic heterocycles. The van der Waals surface area contributed by atoms with Crippen molar-refractivity contribution >= 4 is 0 Å². The Balaban J connectivity index is 2.17. The molecule has 0 amide bonds. The Morgan fingerprint density at radius 1 is 1.54 bits per heavy atom. The first-order chi connectivity index (χ1) is 6.20. The predicted octanol–water partition coefficient (Wildman–Crippen LogP) is 1.17. The molecule has 0 aromatic carbocycles. The maximum absolute atomic E-state index is 5.99. The summed E-state index contributed by atoms with van der Waals surface area (Å²) in [6.45, 7) is 6.43. The van der Waals surface area contributed by atoms with Crippen LogP contribution in [0.15, 0.2) is 0 Å². The van der Waals surface area contributed by atoms with Gasteiger partial charge in [0.15, 0.2) is 0 Å². The van der Waals surface area contributed by atoms with Crippen LogP contribution in [-0.4, -0.2) is 32.0 Å². The van der Waals surface area contributed by atoms with Crippen LogP contribution >= 0.6 is 0 Å². The molecule has 0 saturated carbocycles. The molecular weight excluding hydrogens is 166 g/mol. The van der Waals surface area contributed by atoms with Crippen LogP contribution < -0.4 is 5.73 Å². The van der Waals surface area contributed by atoms with Gasteiger partial charge in [-0.25, -0.2) is 0 Å². The van der Waals surface area contributed by atoms with Gasteiger partial charge in [-0.2, -0.15) is 0 Å². The lowest BCUT2D eigenvalue weighted by Gasteiger charge is -2.27. The van der Waals surface area contributed by atoms with Crippen molar-refractivity contribution in [1.29, 1.82) is 0 Å². The molecule has 1 rings (SSSR count). The van der Waals surface area contributed by atoms with Crippen molar-refractivity contribution in [2.45, 2.75) is 38.8 Å². The molecule has 13 heavy (non-hydrogen) atoms. The van der Waals surface area contributed by atoms with Crippen molar-refractivity contribution in [2.24, 2.45) is 11.7 Å². The molecule has 0 bridgehead atoms. The Morgan fingerprint density at radius 2 is 2.31 bits per heavy atom. The van der Waals surface area contributed by atoms with Crippen LogP contribution in [0.4, 0.5) is 0 Å². The fourth-order valence-electron chi connectivity index (χ4n) is 1.54. The molecule has 2 unspecified atom stereocenters. The Kier molecular flexibility index (Phi) is 4.70. The molecule has 2 atom stereocenters. The van der Waals surface area contributed by atoms with Crippen molar-refractivity contribution in [3.05, 3.63) is 0 Å². The zero-order valence-electron chi connectivity index (χ0n) is 8.66. The van der Waals surface area contributed by atoms with E-state index in [1.165, 1.54) is 6.42 Å². The minimum absolute atomic E-state index is 0.141. The van der Waals surface area contributed by atoms with Crippen molar-refractivity contribution < 1.29 is 9.47 Å². The summed E-state index contributed by atoms with van der Waals surface area (Å²) in [5.41, 5.74) is 5.99. The van der Waals surface area contributed by atoms with Crippen molar-refractivity contribution in [1.82, 2.24) is 0 Å². The molecule has 0 spiro atoms. The summed E-state index contributed by atoms with van der Waals surface area (Å²) in [5.74, 6) is 0.493. The van der Waals surface area contributed by atoms with Crippen LogP contribution in [0.3, 0.4) is 0 Å². The van der Waals surface area contributed by atoms with Crippen molar-refractivity contribution in [3.63, 3.8) is 0 Å². The van der Waals surface area contributed by atoms with Crippen LogP contribution in [0.5, 0.6) is 0 Å². The third-order valence-corrected chi connectivity index (χ3v) is 2.42. The summed E-state index contributed by atoms with van der Waals surface area (Å²) in [7, 11) is 0. The fourth-order valence-corrected chi connectivity index (χ4v) is 1.54. The van der Waals surface area contributed by atoms with Gasteiger partial charge in [0.1, 0.15) is 0 Å².